The lowest BCUT2D eigenvalue weighted by molar-refractivity contribution is -0.131. The van der Waals surface area contributed by atoms with Crippen LogP contribution in [0.3, 0.4) is 0 Å². The molecule has 1 aromatic heterocycles. The molecular weight excluding hydrogens is 308 g/mol. The Morgan fingerprint density at radius 1 is 1.25 bits per heavy atom. The van der Waals surface area contributed by atoms with Gasteiger partial charge in [-0.3, -0.25) is 9.59 Å². The average Bonchev–Trinajstić information content (AvgIpc) is 3.00. The molecule has 2 N–H and O–H groups in total. The van der Waals surface area contributed by atoms with Crippen molar-refractivity contribution in [1.29, 1.82) is 0 Å². The Morgan fingerprint density at radius 3 is 2.50 bits per heavy atom. The Balaban J connectivity index is 2.04. The number of benzene rings is 1. The Morgan fingerprint density at radius 2 is 1.96 bits per heavy atom. The summed E-state index contributed by atoms with van der Waals surface area (Å²) in [7, 11) is 0. The van der Waals surface area contributed by atoms with Gasteiger partial charge in [0.15, 0.2) is 0 Å². The van der Waals surface area contributed by atoms with Gasteiger partial charge in [0.05, 0.1) is 5.69 Å². The van der Waals surface area contributed by atoms with Gasteiger partial charge in [-0.05, 0) is 48.0 Å². The molecule has 2 aromatic rings. The largest absolute Gasteiger partial charge is 0.344 e. The summed E-state index contributed by atoms with van der Waals surface area (Å²) in [6, 6.07) is 4.78. The SMILES string of the molecule is Cc1cc(NC(=O)C(C)NC(=O)C(C)(C)C)ccc1-n1cnnn1. The molecule has 8 heteroatoms. The molecule has 0 fully saturated rings. The smallest absolute Gasteiger partial charge is 0.246 e. The van der Waals surface area contributed by atoms with E-state index in [0.717, 1.165) is 11.3 Å². The molecule has 1 heterocycles. The van der Waals surface area contributed by atoms with Gasteiger partial charge in [-0.2, -0.15) is 0 Å². The molecule has 0 aliphatic carbocycles. The summed E-state index contributed by atoms with van der Waals surface area (Å²) in [5.41, 5.74) is 1.84. The first-order valence-corrected chi connectivity index (χ1v) is 7.64. The molecule has 8 nitrogen and oxygen atoms in total. The minimum atomic E-state index is -0.628. The molecule has 0 spiro atoms. The predicted molar refractivity (Wildman–Crippen MR) is 89.6 cm³/mol. The van der Waals surface area contributed by atoms with Crippen molar-refractivity contribution in [2.45, 2.75) is 40.7 Å². The standard InChI is InChI=1S/C16H22N6O2/c1-10-8-12(6-7-13(10)22-9-17-20-21-22)19-14(23)11(2)18-15(24)16(3,4)5/h6-9,11H,1-5H3,(H,18,24)(H,19,23). The van der Waals surface area contributed by atoms with Crippen molar-refractivity contribution < 1.29 is 9.59 Å². The Labute approximate surface area is 140 Å². The van der Waals surface area contributed by atoms with Crippen LogP contribution in [0.15, 0.2) is 24.5 Å². The summed E-state index contributed by atoms with van der Waals surface area (Å²) in [6.07, 6.45) is 1.50. The van der Waals surface area contributed by atoms with E-state index in [0.29, 0.717) is 5.69 Å². The van der Waals surface area contributed by atoms with E-state index >= 15 is 0 Å². The van der Waals surface area contributed by atoms with Crippen LogP contribution in [0.2, 0.25) is 0 Å². The lowest BCUT2D eigenvalue weighted by atomic mass is 9.95. The molecule has 0 aliphatic rings. The van der Waals surface area contributed by atoms with Gasteiger partial charge in [0.25, 0.3) is 0 Å². The van der Waals surface area contributed by atoms with E-state index in [-0.39, 0.29) is 11.8 Å². The number of hydrogen-bond acceptors (Lipinski definition) is 5. The normalized spacial score (nSPS) is 12.5. The van der Waals surface area contributed by atoms with Gasteiger partial charge in [-0.25, -0.2) is 4.68 Å². The zero-order chi connectivity index (χ0) is 17.9. The molecule has 24 heavy (non-hydrogen) atoms. The number of hydrogen-bond donors (Lipinski definition) is 2. The zero-order valence-electron chi connectivity index (χ0n) is 14.5. The second-order valence-electron chi connectivity index (χ2n) is 6.69. The van der Waals surface area contributed by atoms with E-state index in [9.17, 15) is 9.59 Å². The fraction of sp³-hybridized carbons (Fsp3) is 0.438. The van der Waals surface area contributed by atoms with Crippen LogP contribution in [0.25, 0.3) is 5.69 Å². The molecule has 128 valence electrons. The molecular formula is C16H22N6O2. The van der Waals surface area contributed by atoms with Crippen molar-refractivity contribution in [3.63, 3.8) is 0 Å². The number of anilines is 1. The van der Waals surface area contributed by atoms with Crippen LogP contribution < -0.4 is 10.6 Å². The van der Waals surface area contributed by atoms with Gasteiger partial charge in [0, 0.05) is 11.1 Å². The third kappa shape index (κ3) is 4.15. The fourth-order valence-corrected chi connectivity index (χ4v) is 1.99. The molecule has 0 radical (unpaired) electrons. The summed E-state index contributed by atoms with van der Waals surface area (Å²) >= 11 is 0. The lowest BCUT2D eigenvalue weighted by Gasteiger charge is -2.21. The zero-order valence-corrected chi connectivity index (χ0v) is 14.5. The number of carbonyl (C=O) groups excluding carboxylic acids is 2. The van der Waals surface area contributed by atoms with Gasteiger partial charge < -0.3 is 10.6 Å². The third-order valence-corrected chi connectivity index (χ3v) is 3.48. The molecule has 1 unspecified atom stereocenters. The molecule has 2 rings (SSSR count). The molecule has 0 aliphatic heterocycles. The Bertz CT molecular complexity index is 734. The van der Waals surface area contributed by atoms with Gasteiger partial charge in [0.2, 0.25) is 11.8 Å². The van der Waals surface area contributed by atoms with E-state index in [1.807, 2.05) is 19.1 Å². The maximum absolute atomic E-state index is 12.2. The molecule has 0 saturated heterocycles. The van der Waals surface area contributed by atoms with Crippen molar-refractivity contribution in [3.8, 4) is 5.69 Å². The fourth-order valence-electron chi connectivity index (χ4n) is 1.99. The highest BCUT2D eigenvalue weighted by Crippen LogP contribution is 2.18. The van der Waals surface area contributed by atoms with Crippen LogP contribution in [0.5, 0.6) is 0 Å². The predicted octanol–water partition coefficient (Wildman–Crippen LogP) is 1.46. The molecule has 1 atom stereocenters. The number of amides is 2. The van der Waals surface area contributed by atoms with Crippen molar-refractivity contribution >= 4 is 17.5 Å². The first-order valence-electron chi connectivity index (χ1n) is 7.64. The van der Waals surface area contributed by atoms with Crippen molar-refractivity contribution in [2.75, 3.05) is 5.32 Å². The van der Waals surface area contributed by atoms with Crippen LogP contribution in [0.4, 0.5) is 5.69 Å². The molecule has 0 bridgehead atoms. The lowest BCUT2D eigenvalue weighted by Crippen LogP contribution is -2.46. The molecule has 0 saturated carbocycles. The quantitative estimate of drug-likeness (QED) is 0.883. The summed E-state index contributed by atoms with van der Waals surface area (Å²) in [5, 5.41) is 16.6. The highest BCUT2D eigenvalue weighted by Gasteiger charge is 2.25. The van der Waals surface area contributed by atoms with Crippen LogP contribution in [-0.4, -0.2) is 38.1 Å². The molecule has 1 aromatic carbocycles. The van der Waals surface area contributed by atoms with Crippen molar-refractivity contribution in [1.82, 2.24) is 25.5 Å². The van der Waals surface area contributed by atoms with Crippen molar-refractivity contribution in [3.05, 3.63) is 30.1 Å². The number of nitrogens with one attached hydrogen (secondary N) is 2. The molecule has 2 amide bonds. The van der Waals surface area contributed by atoms with E-state index in [2.05, 4.69) is 26.2 Å². The summed E-state index contributed by atoms with van der Waals surface area (Å²) in [4.78, 5) is 24.2. The van der Waals surface area contributed by atoms with E-state index in [1.165, 1.54) is 6.33 Å². The number of aryl methyl sites for hydroxylation is 1. The van der Waals surface area contributed by atoms with Crippen LogP contribution >= 0.6 is 0 Å². The van der Waals surface area contributed by atoms with Gasteiger partial charge in [-0.15, -0.1) is 5.10 Å². The first kappa shape index (κ1) is 17.6. The van der Waals surface area contributed by atoms with E-state index in [1.54, 1.807) is 38.4 Å². The van der Waals surface area contributed by atoms with Gasteiger partial charge in [0.1, 0.15) is 12.4 Å². The van der Waals surface area contributed by atoms with E-state index < -0.39 is 11.5 Å². The number of rotatable bonds is 4. The third-order valence-electron chi connectivity index (χ3n) is 3.48. The number of tetrazole rings is 1. The highest BCUT2D eigenvalue weighted by molar-refractivity contribution is 5.97. The summed E-state index contributed by atoms with van der Waals surface area (Å²) in [6.45, 7) is 8.95. The summed E-state index contributed by atoms with van der Waals surface area (Å²) < 4.78 is 1.55. The van der Waals surface area contributed by atoms with Crippen LogP contribution in [-0.2, 0) is 9.59 Å². The Hall–Kier alpha value is -2.77. The second kappa shape index (κ2) is 6.77. The maximum Gasteiger partial charge on any atom is 0.246 e. The van der Waals surface area contributed by atoms with Gasteiger partial charge >= 0.3 is 0 Å². The Kier molecular flexibility index (Phi) is 4.96. The summed E-state index contributed by atoms with van der Waals surface area (Å²) in [5.74, 6) is -0.447. The van der Waals surface area contributed by atoms with Crippen LogP contribution in [0, 0.1) is 12.3 Å². The maximum atomic E-state index is 12.2. The van der Waals surface area contributed by atoms with Crippen molar-refractivity contribution in [2.24, 2.45) is 5.41 Å². The number of carbonyl (C=O) groups is 2. The monoisotopic (exact) mass is 330 g/mol. The minimum Gasteiger partial charge on any atom is -0.344 e. The van der Waals surface area contributed by atoms with Gasteiger partial charge in [-0.1, -0.05) is 20.8 Å². The number of nitrogens with zero attached hydrogens (tertiary/aromatic N) is 4. The average molecular weight is 330 g/mol. The topological polar surface area (TPSA) is 102 Å². The van der Waals surface area contributed by atoms with Crippen LogP contribution in [0.1, 0.15) is 33.3 Å². The number of aromatic nitrogens is 4. The highest BCUT2D eigenvalue weighted by atomic mass is 16.2. The minimum absolute atomic E-state index is 0.171. The van der Waals surface area contributed by atoms with E-state index in [4.69, 9.17) is 0 Å². The second-order valence-corrected chi connectivity index (χ2v) is 6.69. The first-order chi connectivity index (χ1) is 11.2.